The Morgan fingerprint density at radius 3 is 1.00 bits per heavy atom. The average Bonchev–Trinajstić information content (AvgIpc) is 2.63. The fourth-order valence-corrected chi connectivity index (χ4v) is 3.82. The molecular weight excluding hydrogens is 432 g/mol. The fraction of sp³-hybridized carbons (Fsp3) is 0.667. The lowest BCUT2D eigenvalue weighted by Gasteiger charge is -2.15. The Kier molecular flexibility index (Phi) is 14.9. The van der Waals surface area contributed by atoms with Gasteiger partial charge in [0, 0.05) is 0 Å². The smallest absolute Gasteiger partial charge is 0.126 e. The van der Waals surface area contributed by atoms with E-state index in [0.717, 1.165) is 6.07 Å². The van der Waals surface area contributed by atoms with E-state index in [9.17, 15) is 25.9 Å². The molecule has 0 radical (unpaired) electrons. The van der Waals surface area contributed by atoms with Crippen LogP contribution in [0.25, 0.3) is 0 Å². The van der Waals surface area contributed by atoms with E-state index in [1.807, 2.05) is 0 Å². The fourth-order valence-electron chi connectivity index (χ4n) is 2.53. The first-order valence-electron chi connectivity index (χ1n) is 10.0. The van der Waals surface area contributed by atoms with Crippen LogP contribution in [0.5, 0.6) is 0 Å². The summed E-state index contributed by atoms with van der Waals surface area (Å²) in [6.45, 7) is 21.0. The van der Waals surface area contributed by atoms with Crippen molar-refractivity contribution in [3.8, 4) is 0 Å². The Hall–Kier alpha value is -1.44. The summed E-state index contributed by atoms with van der Waals surface area (Å²) in [5.41, 5.74) is 9.30. The third-order valence-electron chi connectivity index (χ3n) is 4.68. The van der Waals surface area contributed by atoms with Crippen LogP contribution in [0.2, 0.25) is 0 Å². The zero-order valence-corrected chi connectivity index (χ0v) is 20.5. The van der Waals surface area contributed by atoms with Gasteiger partial charge in [0.25, 0.3) is 0 Å². The molecule has 0 aliphatic heterocycles. The predicted octanol–water partition coefficient (Wildman–Crippen LogP) is -1.48. The minimum Gasteiger partial charge on any atom is -0.744 e. The third kappa shape index (κ3) is 11.7. The Morgan fingerprint density at radius 2 is 0.867 bits per heavy atom. The van der Waals surface area contributed by atoms with E-state index < -0.39 is 41.4 Å². The van der Waals surface area contributed by atoms with E-state index >= 15 is 0 Å². The molecule has 10 nitrogen and oxygen atoms in total. The first-order valence-corrected chi connectivity index (χ1v) is 12.8. The zero-order valence-electron chi connectivity index (χ0n) is 18.8. The predicted molar refractivity (Wildman–Crippen MR) is 116 cm³/mol. The largest absolute Gasteiger partial charge is 0.744 e. The number of rotatable bonds is 8. The summed E-state index contributed by atoms with van der Waals surface area (Å²) >= 11 is 0. The monoisotopic (exact) mass is 470 g/mol. The third-order valence-corrected chi connectivity index (χ3v) is 6.47. The van der Waals surface area contributed by atoms with Gasteiger partial charge >= 0.3 is 0 Å². The summed E-state index contributed by atoms with van der Waals surface area (Å²) in [6.07, 6.45) is 0. The molecule has 0 aromatic heterocycles. The molecule has 0 spiro atoms. The van der Waals surface area contributed by atoms with Gasteiger partial charge in [-0.2, -0.15) is 0 Å². The van der Waals surface area contributed by atoms with Crippen LogP contribution >= 0.6 is 0 Å². The summed E-state index contributed by atoms with van der Waals surface area (Å²) in [7, 11) is -9.93. The highest BCUT2D eigenvalue weighted by atomic mass is 32.2. The van der Waals surface area contributed by atoms with Gasteiger partial charge in [0.15, 0.2) is 0 Å². The summed E-state index contributed by atoms with van der Waals surface area (Å²) in [5, 5.41) is 0. The molecule has 0 fully saturated rings. The Labute approximate surface area is 181 Å². The molecule has 12 heteroatoms. The van der Waals surface area contributed by atoms with Gasteiger partial charge in [0.2, 0.25) is 0 Å². The van der Waals surface area contributed by atoms with Crippen molar-refractivity contribution in [3.05, 3.63) is 12.1 Å². The van der Waals surface area contributed by atoms with Crippen LogP contribution in [-0.2, 0) is 20.2 Å². The zero-order chi connectivity index (χ0) is 24.1. The van der Waals surface area contributed by atoms with Crippen molar-refractivity contribution in [1.29, 1.82) is 0 Å². The number of hydrogen-bond donors (Lipinski definition) is 4. The minimum atomic E-state index is -4.97. The van der Waals surface area contributed by atoms with Crippen LogP contribution in [0.4, 0.5) is 11.4 Å². The highest BCUT2D eigenvalue weighted by Crippen LogP contribution is 2.27. The maximum Gasteiger partial charge on any atom is 0.126 e. The van der Waals surface area contributed by atoms with Crippen molar-refractivity contribution in [1.82, 2.24) is 0 Å². The molecule has 0 aliphatic rings. The maximum atomic E-state index is 10.7. The highest BCUT2D eigenvalue weighted by Gasteiger charge is 2.14. The number of nitrogen functional groups attached to an aromatic ring is 2. The van der Waals surface area contributed by atoms with Crippen LogP contribution < -0.4 is 21.3 Å². The van der Waals surface area contributed by atoms with E-state index in [-0.39, 0.29) is 0 Å². The molecule has 0 atom stereocenters. The lowest BCUT2D eigenvalue weighted by molar-refractivity contribution is -0.894. The molecule has 0 amide bonds. The molecule has 1 aromatic carbocycles. The maximum absolute atomic E-state index is 10.7. The van der Waals surface area contributed by atoms with Gasteiger partial charge in [0.05, 0.1) is 60.4 Å². The normalized spacial score (nSPS) is 11.5. The second-order valence-corrected chi connectivity index (χ2v) is 9.15. The number of anilines is 2. The number of hydrogen-bond acceptors (Lipinski definition) is 8. The van der Waals surface area contributed by atoms with Gasteiger partial charge in [-0.25, -0.2) is 16.8 Å². The molecule has 1 aromatic rings. The standard InChI is InChI=1S/C6H8N2O6S2.2C6H15N/c7-3-1-4(8)6(16(12,13)14)2-5(3)15(9,10)11;2*1-4-7(5-2)6-3/h1-2H,7-8H2,(H,9,10,11)(H,12,13,14);2*4-6H2,1-3H3. The molecule has 178 valence electrons. The van der Waals surface area contributed by atoms with Crippen LogP contribution in [-0.4, -0.2) is 65.2 Å². The Balaban J connectivity index is 0. The molecule has 0 heterocycles. The second kappa shape index (κ2) is 14.5. The molecule has 6 N–H and O–H groups in total. The topological polar surface area (TPSA) is 175 Å². The lowest BCUT2D eigenvalue weighted by atomic mass is 10.3. The first-order chi connectivity index (χ1) is 13.7. The Bertz CT molecular complexity index is 745. The van der Waals surface area contributed by atoms with Gasteiger partial charge in [-0.1, -0.05) is 0 Å². The van der Waals surface area contributed by atoms with Crippen LogP contribution in [0.3, 0.4) is 0 Å². The van der Waals surface area contributed by atoms with Gasteiger partial charge in [-0.3, -0.25) is 0 Å². The van der Waals surface area contributed by atoms with Crippen molar-refractivity contribution >= 4 is 31.6 Å². The number of quaternary nitrogens is 2. The van der Waals surface area contributed by atoms with E-state index in [0.29, 0.717) is 6.07 Å². The molecule has 0 bridgehead atoms. The average molecular weight is 471 g/mol. The van der Waals surface area contributed by atoms with Crippen LogP contribution in [0, 0.1) is 0 Å². The number of nitrogens with two attached hydrogens (primary N) is 2. The minimum absolute atomic E-state index is 0.356. The summed E-state index contributed by atoms with van der Waals surface area (Å²) < 4.78 is 64.0. The number of nitrogens with one attached hydrogen (secondary N) is 2. The van der Waals surface area contributed by atoms with E-state index in [1.165, 1.54) is 39.3 Å². The van der Waals surface area contributed by atoms with Gasteiger partial charge < -0.3 is 30.4 Å². The molecule has 0 saturated carbocycles. The molecule has 30 heavy (non-hydrogen) atoms. The molecule has 0 unspecified atom stereocenters. The first kappa shape index (κ1) is 30.8. The van der Waals surface area contributed by atoms with Crippen molar-refractivity contribution in [2.75, 3.05) is 50.7 Å². The van der Waals surface area contributed by atoms with Crippen molar-refractivity contribution in [2.24, 2.45) is 0 Å². The summed E-state index contributed by atoms with van der Waals surface area (Å²) in [5.74, 6) is 0. The van der Waals surface area contributed by atoms with E-state index in [1.54, 1.807) is 9.80 Å². The molecule has 0 aliphatic carbocycles. The molecular formula is C18H38N4O6S2. The molecule has 1 rings (SSSR count). The van der Waals surface area contributed by atoms with Crippen LogP contribution in [0.1, 0.15) is 41.5 Å². The number of benzene rings is 1. The van der Waals surface area contributed by atoms with E-state index in [2.05, 4.69) is 41.5 Å². The Morgan fingerprint density at radius 1 is 0.633 bits per heavy atom. The second-order valence-electron chi connectivity index (χ2n) is 6.46. The lowest BCUT2D eigenvalue weighted by Crippen LogP contribution is -3.11. The van der Waals surface area contributed by atoms with Gasteiger partial charge in [0.1, 0.15) is 20.2 Å². The van der Waals surface area contributed by atoms with Gasteiger partial charge in [-0.15, -0.1) is 0 Å². The SMILES string of the molecule is CC[NH+](CC)CC.CC[NH+](CC)CC.Nc1cc(N)c(S(=O)(=O)[O-])cc1S(=O)(=O)[O-]. The van der Waals surface area contributed by atoms with E-state index in [4.69, 9.17) is 11.5 Å². The summed E-state index contributed by atoms with van der Waals surface area (Å²) in [6, 6.07) is 1.09. The highest BCUT2D eigenvalue weighted by molar-refractivity contribution is 7.86. The van der Waals surface area contributed by atoms with Crippen molar-refractivity contribution < 1.29 is 35.7 Å². The van der Waals surface area contributed by atoms with Crippen molar-refractivity contribution in [3.63, 3.8) is 0 Å². The van der Waals surface area contributed by atoms with Crippen LogP contribution in [0.15, 0.2) is 21.9 Å². The van der Waals surface area contributed by atoms with Crippen molar-refractivity contribution in [2.45, 2.75) is 51.3 Å². The molecule has 0 saturated heterocycles. The van der Waals surface area contributed by atoms with Gasteiger partial charge in [-0.05, 0) is 53.7 Å². The quantitative estimate of drug-likeness (QED) is 0.263. The summed E-state index contributed by atoms with van der Waals surface area (Å²) in [4.78, 5) is 1.38.